The van der Waals surface area contributed by atoms with Gasteiger partial charge in [0.2, 0.25) is 6.29 Å². The van der Waals surface area contributed by atoms with Gasteiger partial charge in [0.25, 0.3) is 0 Å². The molecular formula is C18H30O3. The summed E-state index contributed by atoms with van der Waals surface area (Å²) >= 11 is 0. The first-order valence-corrected chi connectivity index (χ1v) is 8.72. The first-order valence-electron chi connectivity index (χ1n) is 8.72. The summed E-state index contributed by atoms with van der Waals surface area (Å²) in [6.07, 6.45) is 7.13. The van der Waals surface area contributed by atoms with Crippen LogP contribution >= 0.6 is 0 Å². The molecule has 0 aliphatic heterocycles. The highest BCUT2D eigenvalue weighted by Crippen LogP contribution is 2.63. The number of carbonyl (C=O) groups excluding carboxylic acids is 1. The van der Waals surface area contributed by atoms with Gasteiger partial charge in [-0.1, -0.05) is 20.8 Å². The Morgan fingerprint density at radius 1 is 1.14 bits per heavy atom. The molecule has 0 aromatic carbocycles. The van der Waals surface area contributed by atoms with E-state index >= 15 is 0 Å². The molecular weight excluding hydrogens is 264 g/mol. The van der Waals surface area contributed by atoms with Crippen LogP contribution in [0.2, 0.25) is 0 Å². The van der Waals surface area contributed by atoms with Crippen LogP contribution in [0.25, 0.3) is 0 Å². The summed E-state index contributed by atoms with van der Waals surface area (Å²) in [6.45, 7) is 6.28. The molecule has 0 N–H and O–H groups in total. The maximum atomic E-state index is 12.2. The van der Waals surface area contributed by atoms with Crippen LogP contribution in [0.15, 0.2) is 0 Å². The maximum absolute atomic E-state index is 12.2. The molecule has 3 nitrogen and oxygen atoms in total. The highest BCUT2D eigenvalue weighted by molar-refractivity contribution is 5.72. The molecule has 0 radical (unpaired) electrons. The molecule has 21 heavy (non-hydrogen) atoms. The van der Waals surface area contributed by atoms with E-state index in [2.05, 4.69) is 6.92 Å². The number of esters is 1. The largest absolute Gasteiger partial charge is 0.435 e. The van der Waals surface area contributed by atoms with Crippen molar-refractivity contribution in [1.29, 1.82) is 0 Å². The van der Waals surface area contributed by atoms with Crippen LogP contribution < -0.4 is 0 Å². The van der Waals surface area contributed by atoms with Gasteiger partial charge in [-0.2, -0.15) is 0 Å². The van der Waals surface area contributed by atoms with Gasteiger partial charge < -0.3 is 9.47 Å². The number of carbonyl (C=O) groups is 1. The fourth-order valence-electron chi connectivity index (χ4n) is 5.40. The number of hydrogen-bond donors (Lipinski definition) is 0. The standard InChI is InChI=1S/C18H30O3/c1-5-11(2)16(19)21-17(20-4)18(3)14-7-12-6-13(9-14)10-15(18)8-12/h11-15,17H,5-10H2,1-4H3. The number of methoxy groups -OCH3 is 1. The van der Waals surface area contributed by atoms with Crippen LogP contribution in [0.1, 0.15) is 59.3 Å². The molecule has 4 rings (SSSR count). The van der Waals surface area contributed by atoms with E-state index in [9.17, 15) is 4.79 Å². The molecule has 2 unspecified atom stereocenters. The lowest BCUT2D eigenvalue weighted by molar-refractivity contribution is -0.254. The zero-order chi connectivity index (χ0) is 15.2. The molecule has 0 aromatic rings. The lowest BCUT2D eigenvalue weighted by Gasteiger charge is -2.61. The lowest BCUT2D eigenvalue weighted by Crippen LogP contribution is -2.58. The Bertz CT molecular complexity index is 375. The zero-order valence-electron chi connectivity index (χ0n) is 13.9. The van der Waals surface area contributed by atoms with E-state index in [4.69, 9.17) is 9.47 Å². The van der Waals surface area contributed by atoms with Crippen molar-refractivity contribution in [3.05, 3.63) is 0 Å². The van der Waals surface area contributed by atoms with Gasteiger partial charge in [0.15, 0.2) is 0 Å². The van der Waals surface area contributed by atoms with Gasteiger partial charge in [0, 0.05) is 12.5 Å². The molecule has 120 valence electrons. The second-order valence-electron chi connectivity index (χ2n) is 7.98. The van der Waals surface area contributed by atoms with Crippen LogP contribution in [0.5, 0.6) is 0 Å². The Morgan fingerprint density at radius 2 is 1.67 bits per heavy atom. The minimum atomic E-state index is -0.367. The summed E-state index contributed by atoms with van der Waals surface area (Å²) in [5.41, 5.74) is 0.0191. The normalized spacial score (nSPS) is 43.6. The molecule has 4 aliphatic rings. The molecule has 0 amide bonds. The number of ether oxygens (including phenoxy) is 2. The zero-order valence-corrected chi connectivity index (χ0v) is 13.9. The average molecular weight is 294 g/mol. The Balaban J connectivity index is 1.78. The van der Waals surface area contributed by atoms with Crippen LogP contribution in [-0.2, 0) is 14.3 Å². The SMILES string of the molecule is CCC(C)C(=O)OC(OC)C1(C)C2CC3CC(C2)CC1C3. The molecule has 0 saturated heterocycles. The van der Waals surface area contributed by atoms with Crippen molar-refractivity contribution in [2.75, 3.05) is 7.11 Å². The van der Waals surface area contributed by atoms with Crippen LogP contribution in [0, 0.1) is 35.0 Å². The van der Waals surface area contributed by atoms with Gasteiger partial charge in [0.1, 0.15) is 0 Å². The molecule has 0 heterocycles. The fraction of sp³-hybridized carbons (Fsp3) is 0.944. The maximum Gasteiger partial charge on any atom is 0.310 e. The average Bonchev–Trinajstić information content (AvgIpc) is 2.48. The van der Waals surface area contributed by atoms with Gasteiger partial charge in [-0.05, 0) is 62.2 Å². The van der Waals surface area contributed by atoms with E-state index in [-0.39, 0.29) is 23.6 Å². The summed E-state index contributed by atoms with van der Waals surface area (Å²) in [4.78, 5) is 12.2. The molecule has 4 fully saturated rings. The molecule has 0 aromatic heterocycles. The van der Waals surface area contributed by atoms with Gasteiger partial charge in [-0.15, -0.1) is 0 Å². The lowest BCUT2D eigenvalue weighted by atomic mass is 9.45. The summed E-state index contributed by atoms with van der Waals surface area (Å²) < 4.78 is 11.5. The third-order valence-corrected chi connectivity index (χ3v) is 6.86. The molecule has 4 bridgehead atoms. The van der Waals surface area contributed by atoms with Crippen LogP contribution in [-0.4, -0.2) is 19.4 Å². The van der Waals surface area contributed by atoms with Crippen molar-refractivity contribution in [3.63, 3.8) is 0 Å². The first-order chi connectivity index (χ1) is 9.98. The highest BCUT2D eigenvalue weighted by Gasteiger charge is 2.59. The van der Waals surface area contributed by atoms with Gasteiger partial charge >= 0.3 is 5.97 Å². The van der Waals surface area contributed by atoms with Crippen molar-refractivity contribution in [3.8, 4) is 0 Å². The minimum absolute atomic E-state index is 0.0191. The third-order valence-electron chi connectivity index (χ3n) is 6.86. The third kappa shape index (κ3) is 2.42. The summed E-state index contributed by atoms with van der Waals surface area (Å²) in [5, 5.41) is 0. The minimum Gasteiger partial charge on any atom is -0.435 e. The second-order valence-corrected chi connectivity index (χ2v) is 7.98. The monoisotopic (exact) mass is 294 g/mol. The van der Waals surface area contributed by atoms with Crippen molar-refractivity contribution in [2.24, 2.45) is 35.0 Å². The van der Waals surface area contributed by atoms with Crippen molar-refractivity contribution in [1.82, 2.24) is 0 Å². The summed E-state index contributed by atoms with van der Waals surface area (Å²) in [6, 6.07) is 0. The predicted octanol–water partition coefficient (Wildman–Crippen LogP) is 4.01. The summed E-state index contributed by atoms with van der Waals surface area (Å²) in [7, 11) is 1.70. The number of rotatable bonds is 5. The molecule has 4 aliphatic carbocycles. The van der Waals surface area contributed by atoms with Crippen molar-refractivity contribution >= 4 is 5.97 Å². The highest BCUT2D eigenvalue weighted by atomic mass is 16.7. The van der Waals surface area contributed by atoms with E-state index in [0.717, 1.165) is 18.3 Å². The quantitative estimate of drug-likeness (QED) is 0.567. The molecule has 3 heteroatoms. The van der Waals surface area contributed by atoms with E-state index in [1.165, 1.54) is 32.1 Å². The topological polar surface area (TPSA) is 35.5 Å². The van der Waals surface area contributed by atoms with E-state index in [1.54, 1.807) is 7.11 Å². The van der Waals surface area contributed by atoms with Gasteiger partial charge in [-0.25, -0.2) is 0 Å². The Morgan fingerprint density at radius 3 is 2.10 bits per heavy atom. The summed E-state index contributed by atoms with van der Waals surface area (Å²) in [5.74, 6) is 3.04. The van der Waals surface area contributed by atoms with Crippen molar-refractivity contribution in [2.45, 2.75) is 65.6 Å². The predicted molar refractivity (Wildman–Crippen MR) is 81.5 cm³/mol. The van der Waals surface area contributed by atoms with Gasteiger partial charge in [0.05, 0.1) is 5.92 Å². The Kier molecular flexibility index (Phi) is 4.06. The molecule has 0 spiro atoms. The van der Waals surface area contributed by atoms with Crippen LogP contribution in [0.3, 0.4) is 0 Å². The van der Waals surface area contributed by atoms with Gasteiger partial charge in [-0.3, -0.25) is 4.79 Å². The first kappa shape index (κ1) is 15.3. The smallest absolute Gasteiger partial charge is 0.310 e. The number of hydrogen-bond acceptors (Lipinski definition) is 3. The molecule has 2 atom stereocenters. The van der Waals surface area contributed by atoms with E-state index in [1.807, 2.05) is 13.8 Å². The van der Waals surface area contributed by atoms with Crippen LogP contribution in [0.4, 0.5) is 0 Å². The Labute approximate surface area is 128 Å². The van der Waals surface area contributed by atoms with Crippen molar-refractivity contribution < 1.29 is 14.3 Å². The fourth-order valence-corrected chi connectivity index (χ4v) is 5.40. The van der Waals surface area contributed by atoms with E-state index < -0.39 is 0 Å². The Hall–Kier alpha value is -0.570. The van der Waals surface area contributed by atoms with E-state index in [0.29, 0.717) is 11.8 Å². The second kappa shape index (κ2) is 5.57. The molecule has 4 saturated carbocycles.